The largest absolute Gasteiger partial charge is 0.504 e. The van der Waals surface area contributed by atoms with Crippen LogP contribution in [0, 0.1) is 6.92 Å². The van der Waals surface area contributed by atoms with E-state index in [1.54, 1.807) is 6.92 Å². The van der Waals surface area contributed by atoms with Crippen LogP contribution in [0.4, 0.5) is 0 Å². The van der Waals surface area contributed by atoms with E-state index in [1.165, 1.54) is 13.2 Å². The lowest BCUT2D eigenvalue weighted by molar-refractivity contribution is 0.111. The van der Waals surface area contributed by atoms with Crippen LogP contribution in [-0.2, 0) is 0 Å². The number of benzene rings is 1. The zero-order valence-corrected chi connectivity index (χ0v) is 7.90. The molecule has 0 aliphatic heterocycles. The minimum absolute atomic E-state index is 0.0893. The van der Waals surface area contributed by atoms with Gasteiger partial charge in [0.25, 0.3) is 0 Å². The molecule has 4 nitrogen and oxygen atoms in total. The minimum atomic E-state index is -0.231. The Labute approximate surface area is 81.1 Å². The summed E-state index contributed by atoms with van der Waals surface area (Å²) in [7, 11) is 1.35. The maximum absolute atomic E-state index is 10.7. The summed E-state index contributed by atoms with van der Waals surface area (Å²) >= 11 is 0. The Kier molecular flexibility index (Phi) is 2.86. The van der Waals surface area contributed by atoms with Crippen LogP contribution in [0.1, 0.15) is 26.3 Å². The first-order valence-electron chi connectivity index (χ1n) is 3.96. The molecule has 1 rings (SSSR count). The van der Waals surface area contributed by atoms with Crippen molar-refractivity contribution in [2.24, 2.45) is 0 Å². The van der Waals surface area contributed by atoms with Crippen molar-refractivity contribution in [2.75, 3.05) is 7.11 Å². The fourth-order valence-electron chi connectivity index (χ4n) is 1.21. The molecule has 0 bridgehead atoms. The Morgan fingerprint density at radius 2 is 2.00 bits per heavy atom. The van der Waals surface area contributed by atoms with Crippen molar-refractivity contribution in [3.8, 4) is 11.5 Å². The number of methoxy groups -OCH3 is 1. The Balaban J connectivity index is 3.54. The monoisotopic (exact) mass is 194 g/mol. The number of ether oxygens (including phenoxy) is 1. The van der Waals surface area contributed by atoms with Crippen LogP contribution >= 0.6 is 0 Å². The van der Waals surface area contributed by atoms with Crippen molar-refractivity contribution in [3.05, 3.63) is 22.8 Å². The maximum atomic E-state index is 10.7. The van der Waals surface area contributed by atoms with Gasteiger partial charge in [-0.15, -0.1) is 0 Å². The maximum Gasteiger partial charge on any atom is 0.168 e. The molecule has 0 aliphatic carbocycles. The van der Waals surface area contributed by atoms with Crippen LogP contribution in [0.25, 0.3) is 0 Å². The molecule has 0 aromatic heterocycles. The molecular weight excluding hydrogens is 184 g/mol. The summed E-state index contributed by atoms with van der Waals surface area (Å²) in [6, 6.07) is 1.39. The van der Waals surface area contributed by atoms with Crippen LogP contribution in [0.5, 0.6) is 11.5 Å². The summed E-state index contributed by atoms with van der Waals surface area (Å²) in [6.45, 7) is 1.59. The first kappa shape index (κ1) is 10.2. The minimum Gasteiger partial charge on any atom is -0.504 e. The summed E-state index contributed by atoms with van der Waals surface area (Å²) in [4.78, 5) is 21.3. The van der Waals surface area contributed by atoms with Crippen molar-refractivity contribution in [3.63, 3.8) is 0 Å². The number of hydrogen-bond acceptors (Lipinski definition) is 4. The summed E-state index contributed by atoms with van der Waals surface area (Å²) in [6.07, 6.45) is 1.12. The van der Waals surface area contributed by atoms with Crippen LogP contribution < -0.4 is 4.74 Å². The molecule has 0 saturated heterocycles. The van der Waals surface area contributed by atoms with Crippen LogP contribution in [-0.4, -0.2) is 24.8 Å². The molecule has 0 fully saturated rings. The first-order chi connectivity index (χ1) is 6.65. The van der Waals surface area contributed by atoms with Gasteiger partial charge in [0.1, 0.15) is 6.29 Å². The molecular formula is C10H10O4. The highest BCUT2D eigenvalue weighted by atomic mass is 16.5. The third kappa shape index (κ3) is 1.46. The lowest BCUT2D eigenvalue weighted by Gasteiger charge is -2.09. The smallest absolute Gasteiger partial charge is 0.168 e. The lowest BCUT2D eigenvalue weighted by Crippen LogP contribution is -1.97. The number of carbonyl (C=O) groups is 2. The van der Waals surface area contributed by atoms with Gasteiger partial charge < -0.3 is 9.84 Å². The number of carbonyl (C=O) groups excluding carboxylic acids is 2. The van der Waals surface area contributed by atoms with Gasteiger partial charge in [-0.2, -0.15) is 0 Å². The van der Waals surface area contributed by atoms with Gasteiger partial charge in [-0.3, -0.25) is 9.59 Å². The Hall–Kier alpha value is -1.84. The van der Waals surface area contributed by atoms with Crippen molar-refractivity contribution in [2.45, 2.75) is 6.92 Å². The van der Waals surface area contributed by atoms with Gasteiger partial charge in [0.2, 0.25) is 0 Å². The summed E-state index contributed by atoms with van der Waals surface area (Å²) in [5.41, 5.74) is 0.876. The van der Waals surface area contributed by atoms with Crippen LogP contribution in [0.3, 0.4) is 0 Å². The highest BCUT2D eigenvalue weighted by Crippen LogP contribution is 2.32. The molecule has 1 aromatic carbocycles. The molecule has 0 aliphatic rings. The summed E-state index contributed by atoms with van der Waals surface area (Å²) in [5.74, 6) is -0.106. The second kappa shape index (κ2) is 3.91. The van der Waals surface area contributed by atoms with Crippen molar-refractivity contribution in [1.82, 2.24) is 0 Å². The van der Waals surface area contributed by atoms with Gasteiger partial charge in [-0.25, -0.2) is 0 Å². The zero-order chi connectivity index (χ0) is 10.7. The third-order valence-electron chi connectivity index (χ3n) is 2.08. The fourth-order valence-corrected chi connectivity index (χ4v) is 1.21. The number of phenolic OH excluding ortho intramolecular Hbond substituents is 1. The molecule has 0 amide bonds. The van der Waals surface area contributed by atoms with E-state index >= 15 is 0 Å². The lowest BCUT2D eigenvalue weighted by atomic mass is 10.0. The van der Waals surface area contributed by atoms with Gasteiger partial charge in [0.15, 0.2) is 17.8 Å². The Morgan fingerprint density at radius 1 is 1.36 bits per heavy atom. The number of hydrogen-bond donors (Lipinski definition) is 1. The number of aromatic hydroxyl groups is 1. The standard InChI is InChI=1S/C10H10O4/c1-6-7(4-11)3-9(14-2)10(13)8(6)5-12/h3-5,13H,1-2H3. The molecule has 4 heteroatoms. The molecule has 0 spiro atoms. The second-order valence-electron chi connectivity index (χ2n) is 2.79. The van der Waals surface area contributed by atoms with E-state index in [0.29, 0.717) is 23.7 Å². The molecule has 0 unspecified atom stereocenters. The van der Waals surface area contributed by atoms with Gasteiger partial charge >= 0.3 is 0 Å². The van der Waals surface area contributed by atoms with E-state index in [2.05, 4.69) is 0 Å². The predicted molar refractivity (Wildman–Crippen MR) is 50.2 cm³/mol. The van der Waals surface area contributed by atoms with Crippen LogP contribution in [0.15, 0.2) is 6.07 Å². The fraction of sp³-hybridized carbons (Fsp3) is 0.200. The molecule has 0 radical (unpaired) electrons. The van der Waals surface area contributed by atoms with E-state index in [-0.39, 0.29) is 17.1 Å². The third-order valence-corrected chi connectivity index (χ3v) is 2.08. The molecule has 1 aromatic rings. The number of aldehydes is 2. The van der Waals surface area contributed by atoms with Crippen LogP contribution in [0.2, 0.25) is 0 Å². The van der Waals surface area contributed by atoms with E-state index in [4.69, 9.17) is 4.74 Å². The number of phenols is 1. The Morgan fingerprint density at radius 3 is 2.43 bits per heavy atom. The zero-order valence-electron chi connectivity index (χ0n) is 7.90. The normalized spacial score (nSPS) is 9.57. The predicted octanol–water partition coefficient (Wildman–Crippen LogP) is 1.33. The molecule has 0 saturated carbocycles. The quantitative estimate of drug-likeness (QED) is 0.737. The number of rotatable bonds is 3. The summed E-state index contributed by atoms with van der Waals surface area (Å²) in [5, 5.41) is 9.52. The average molecular weight is 194 g/mol. The van der Waals surface area contributed by atoms with Gasteiger partial charge in [0.05, 0.1) is 12.7 Å². The van der Waals surface area contributed by atoms with E-state index < -0.39 is 0 Å². The molecule has 74 valence electrons. The van der Waals surface area contributed by atoms with Crippen molar-refractivity contribution in [1.29, 1.82) is 0 Å². The second-order valence-corrected chi connectivity index (χ2v) is 2.79. The molecule has 0 heterocycles. The Bertz CT molecular complexity index is 382. The molecule has 0 atom stereocenters. The van der Waals surface area contributed by atoms with Gasteiger partial charge in [-0.05, 0) is 18.6 Å². The first-order valence-corrected chi connectivity index (χ1v) is 3.96. The van der Waals surface area contributed by atoms with E-state index in [0.717, 1.165) is 0 Å². The van der Waals surface area contributed by atoms with E-state index in [1.807, 2.05) is 0 Å². The molecule has 14 heavy (non-hydrogen) atoms. The highest BCUT2D eigenvalue weighted by molar-refractivity contribution is 5.90. The van der Waals surface area contributed by atoms with Gasteiger partial charge in [-0.1, -0.05) is 0 Å². The van der Waals surface area contributed by atoms with Crippen molar-refractivity contribution >= 4 is 12.6 Å². The van der Waals surface area contributed by atoms with Gasteiger partial charge in [0, 0.05) is 5.56 Å². The van der Waals surface area contributed by atoms with Crippen molar-refractivity contribution < 1.29 is 19.4 Å². The topological polar surface area (TPSA) is 63.6 Å². The summed E-state index contributed by atoms with van der Waals surface area (Å²) < 4.78 is 4.82. The highest BCUT2D eigenvalue weighted by Gasteiger charge is 2.14. The van der Waals surface area contributed by atoms with E-state index in [9.17, 15) is 14.7 Å². The molecule has 1 N–H and O–H groups in total. The average Bonchev–Trinajstić information content (AvgIpc) is 2.19. The SMILES string of the molecule is COc1cc(C=O)c(C)c(C=O)c1O.